The Labute approximate surface area is 269 Å². The zero-order chi connectivity index (χ0) is 33.3. The molecule has 13 heteroatoms. The lowest BCUT2D eigenvalue weighted by molar-refractivity contribution is -0.193. The number of alkyl halides is 3. The molecule has 0 aliphatic carbocycles. The molecule has 47 heavy (non-hydrogen) atoms. The van der Waals surface area contributed by atoms with E-state index in [0.29, 0.717) is 16.7 Å². The molecule has 0 aliphatic rings. The number of anilines is 1. The molecule has 0 fully saturated rings. The van der Waals surface area contributed by atoms with Crippen molar-refractivity contribution in [3.05, 3.63) is 119 Å². The lowest BCUT2D eigenvalue weighted by Gasteiger charge is -2.15. The van der Waals surface area contributed by atoms with E-state index in [2.05, 4.69) is 15.5 Å². The second kappa shape index (κ2) is 12.2. The van der Waals surface area contributed by atoms with Crippen LogP contribution in [0.4, 0.5) is 18.9 Å². The molecule has 0 radical (unpaired) electrons. The fourth-order valence-electron chi connectivity index (χ4n) is 4.79. The highest BCUT2D eigenvalue weighted by Crippen LogP contribution is 2.40. The Kier molecular flexibility index (Phi) is 8.14. The number of rotatable bonds is 7. The van der Waals surface area contributed by atoms with Gasteiger partial charge in [-0.15, -0.1) is 11.3 Å². The van der Waals surface area contributed by atoms with Crippen molar-refractivity contribution in [2.24, 2.45) is 0 Å². The standard InChI is InChI=1S/C34H19F3N2O6S2/c35-34(36,37)33(41)45-32(40)31-28(13-14-46-31)29-18-25(39-47(42,43)27-11-8-21-3-1-2-4-22(21)17-27)9-12-30(29)44-26-10-7-23-15-20(19-38)5-6-24(23)16-26/h1-18,39H. The molecule has 0 aliphatic heterocycles. The van der Waals surface area contributed by atoms with Gasteiger partial charge in [0.2, 0.25) is 0 Å². The predicted molar refractivity (Wildman–Crippen MR) is 170 cm³/mol. The van der Waals surface area contributed by atoms with Gasteiger partial charge in [0.05, 0.1) is 16.5 Å². The van der Waals surface area contributed by atoms with Crippen LogP contribution >= 0.6 is 11.3 Å². The first-order valence-corrected chi connectivity index (χ1v) is 16.0. The van der Waals surface area contributed by atoms with Crippen LogP contribution in [0.25, 0.3) is 32.7 Å². The number of benzene rings is 5. The van der Waals surface area contributed by atoms with Gasteiger partial charge in [-0.25, -0.2) is 18.0 Å². The lowest BCUT2D eigenvalue weighted by atomic mass is 10.0. The van der Waals surface area contributed by atoms with Crippen LogP contribution in [0.3, 0.4) is 0 Å². The number of hydrogen-bond donors (Lipinski definition) is 1. The average molecular weight is 673 g/mol. The first-order chi connectivity index (χ1) is 22.4. The number of ether oxygens (including phenoxy) is 2. The Hall–Kier alpha value is -5.71. The third-order valence-electron chi connectivity index (χ3n) is 6.99. The molecule has 234 valence electrons. The minimum Gasteiger partial charge on any atom is -0.457 e. The van der Waals surface area contributed by atoms with Gasteiger partial charge in [0, 0.05) is 16.8 Å². The molecule has 0 atom stereocenters. The monoisotopic (exact) mass is 672 g/mol. The van der Waals surface area contributed by atoms with Gasteiger partial charge in [-0.1, -0.05) is 42.5 Å². The highest BCUT2D eigenvalue weighted by atomic mass is 32.2. The smallest absolute Gasteiger partial charge is 0.457 e. The third kappa shape index (κ3) is 6.64. The van der Waals surface area contributed by atoms with Gasteiger partial charge in [-0.2, -0.15) is 18.4 Å². The van der Waals surface area contributed by atoms with Crippen molar-refractivity contribution >= 4 is 60.5 Å². The minimum absolute atomic E-state index is 0.0146. The van der Waals surface area contributed by atoms with E-state index in [9.17, 15) is 36.4 Å². The molecule has 1 heterocycles. The number of nitrogens with one attached hydrogen (secondary N) is 1. The molecule has 8 nitrogen and oxygen atoms in total. The summed E-state index contributed by atoms with van der Waals surface area (Å²) in [6.07, 6.45) is -5.40. The largest absolute Gasteiger partial charge is 0.491 e. The van der Waals surface area contributed by atoms with E-state index in [1.165, 1.54) is 41.8 Å². The number of esters is 2. The van der Waals surface area contributed by atoms with E-state index in [-0.39, 0.29) is 32.3 Å². The first kappa shape index (κ1) is 31.3. The molecule has 6 rings (SSSR count). The first-order valence-electron chi connectivity index (χ1n) is 13.6. The zero-order valence-electron chi connectivity index (χ0n) is 23.7. The second-order valence-corrected chi connectivity index (χ2v) is 12.7. The van der Waals surface area contributed by atoms with Gasteiger partial charge in [-0.3, -0.25) is 4.72 Å². The SMILES string of the molecule is N#Cc1ccc2cc(Oc3ccc(NS(=O)(=O)c4ccc5ccccc5c4)cc3-c3ccsc3C(=O)OC(=O)C(F)(F)F)ccc2c1. The van der Waals surface area contributed by atoms with Crippen LogP contribution in [0.2, 0.25) is 0 Å². The number of carbonyl (C=O) groups excluding carboxylic acids is 2. The van der Waals surface area contributed by atoms with E-state index in [4.69, 9.17) is 4.74 Å². The molecule has 1 aromatic heterocycles. The topological polar surface area (TPSA) is 123 Å². The number of fused-ring (bicyclic) bond motifs is 2. The van der Waals surface area contributed by atoms with E-state index in [0.717, 1.165) is 27.5 Å². The van der Waals surface area contributed by atoms with Gasteiger partial charge in [0.1, 0.15) is 16.4 Å². The van der Waals surface area contributed by atoms with E-state index >= 15 is 0 Å². The maximum absolute atomic E-state index is 13.4. The summed E-state index contributed by atoms with van der Waals surface area (Å²) >= 11 is 0.728. The minimum atomic E-state index is -5.40. The molecule has 0 amide bonds. The van der Waals surface area contributed by atoms with Crippen LogP contribution in [0, 0.1) is 11.3 Å². The highest BCUT2D eigenvalue weighted by molar-refractivity contribution is 7.92. The van der Waals surface area contributed by atoms with Crippen molar-refractivity contribution in [1.29, 1.82) is 5.26 Å². The predicted octanol–water partition coefficient (Wildman–Crippen LogP) is 8.43. The number of halogens is 3. The number of thiophene rings is 1. The number of sulfonamides is 1. The molecule has 0 saturated heterocycles. The Balaban J connectivity index is 1.40. The summed E-state index contributed by atoms with van der Waals surface area (Å²) < 4.78 is 78.1. The van der Waals surface area contributed by atoms with Crippen molar-refractivity contribution in [2.75, 3.05) is 4.72 Å². The van der Waals surface area contributed by atoms with Crippen LogP contribution in [0.5, 0.6) is 11.5 Å². The fraction of sp³-hybridized carbons (Fsp3) is 0.0294. The number of nitrogens with zero attached hydrogens (tertiary/aromatic N) is 1. The highest BCUT2D eigenvalue weighted by Gasteiger charge is 2.43. The van der Waals surface area contributed by atoms with Crippen molar-refractivity contribution in [3.8, 4) is 28.7 Å². The van der Waals surface area contributed by atoms with Crippen LogP contribution in [0.1, 0.15) is 15.2 Å². The summed E-state index contributed by atoms with van der Waals surface area (Å²) in [6.45, 7) is 0. The Morgan fingerprint density at radius 2 is 1.49 bits per heavy atom. The summed E-state index contributed by atoms with van der Waals surface area (Å²) in [6, 6.07) is 29.7. The second-order valence-electron chi connectivity index (χ2n) is 10.1. The molecule has 1 N–H and O–H groups in total. The van der Waals surface area contributed by atoms with Gasteiger partial charge in [-0.05, 0) is 87.6 Å². The third-order valence-corrected chi connectivity index (χ3v) is 9.26. The van der Waals surface area contributed by atoms with E-state index in [1.54, 1.807) is 54.6 Å². The van der Waals surface area contributed by atoms with Crippen molar-refractivity contribution in [2.45, 2.75) is 11.1 Å². The number of carbonyl (C=O) groups is 2. The lowest BCUT2D eigenvalue weighted by Crippen LogP contribution is -2.27. The van der Waals surface area contributed by atoms with Crippen molar-refractivity contribution < 1.29 is 40.7 Å². The van der Waals surface area contributed by atoms with Gasteiger partial charge in [0.25, 0.3) is 10.0 Å². The summed E-state index contributed by atoms with van der Waals surface area (Å²) in [5, 5.41) is 13.7. The summed E-state index contributed by atoms with van der Waals surface area (Å²) in [5.74, 6) is -3.77. The Morgan fingerprint density at radius 3 is 2.26 bits per heavy atom. The van der Waals surface area contributed by atoms with Gasteiger partial charge in [0.15, 0.2) is 0 Å². The van der Waals surface area contributed by atoms with Crippen LogP contribution < -0.4 is 9.46 Å². The normalized spacial score (nSPS) is 11.6. The van der Waals surface area contributed by atoms with Crippen LogP contribution in [0.15, 0.2) is 113 Å². The quantitative estimate of drug-likeness (QED) is 0.133. The summed E-state index contributed by atoms with van der Waals surface area (Å²) in [4.78, 5) is 23.8. The van der Waals surface area contributed by atoms with E-state index in [1.807, 2.05) is 12.1 Å². The zero-order valence-corrected chi connectivity index (χ0v) is 25.4. The molecule has 5 aromatic carbocycles. The Morgan fingerprint density at radius 1 is 0.787 bits per heavy atom. The van der Waals surface area contributed by atoms with Crippen LogP contribution in [-0.4, -0.2) is 26.5 Å². The average Bonchev–Trinajstić information content (AvgIpc) is 3.54. The Bertz CT molecular complexity index is 2360. The van der Waals surface area contributed by atoms with E-state index < -0.39 is 28.1 Å². The fourth-order valence-corrected chi connectivity index (χ4v) is 6.66. The van der Waals surface area contributed by atoms with Gasteiger partial charge < -0.3 is 9.47 Å². The summed E-state index contributed by atoms with van der Waals surface area (Å²) in [5.41, 5.74) is 0.684. The van der Waals surface area contributed by atoms with Crippen molar-refractivity contribution in [1.82, 2.24) is 0 Å². The molecular formula is C34H19F3N2O6S2. The number of nitriles is 1. The number of hydrogen-bond acceptors (Lipinski definition) is 8. The molecule has 0 spiro atoms. The van der Waals surface area contributed by atoms with Crippen molar-refractivity contribution in [3.63, 3.8) is 0 Å². The molecule has 0 bridgehead atoms. The molecule has 0 saturated carbocycles. The molecular weight excluding hydrogens is 654 g/mol. The molecule has 6 aromatic rings. The summed E-state index contributed by atoms with van der Waals surface area (Å²) in [7, 11) is -4.12. The maximum atomic E-state index is 13.4. The van der Waals surface area contributed by atoms with Gasteiger partial charge >= 0.3 is 18.1 Å². The maximum Gasteiger partial charge on any atom is 0.491 e. The molecule has 0 unspecified atom stereocenters. The van der Waals surface area contributed by atoms with Crippen LogP contribution in [-0.2, 0) is 19.6 Å².